The lowest BCUT2D eigenvalue weighted by molar-refractivity contribution is 0.315. The summed E-state index contributed by atoms with van der Waals surface area (Å²) in [5.74, 6) is 0.149. The second kappa shape index (κ2) is 5.79. The maximum absolute atomic E-state index is 8.89. The molecule has 1 saturated heterocycles. The summed E-state index contributed by atoms with van der Waals surface area (Å²) in [6.07, 6.45) is 1.12. The maximum atomic E-state index is 8.89. The van der Waals surface area contributed by atoms with E-state index < -0.39 is 0 Å². The van der Waals surface area contributed by atoms with Gasteiger partial charge in [0.05, 0.1) is 0 Å². The molecule has 2 rings (SSSR count). The number of hydrogen-bond acceptors (Lipinski definition) is 4. The van der Waals surface area contributed by atoms with Gasteiger partial charge in [0.2, 0.25) is 0 Å². The van der Waals surface area contributed by atoms with Gasteiger partial charge in [-0.3, -0.25) is 0 Å². The molecule has 0 spiro atoms. The summed E-state index contributed by atoms with van der Waals surface area (Å²) in [5.41, 5.74) is 7.53. The molecule has 1 aromatic rings. The van der Waals surface area contributed by atoms with E-state index in [2.05, 4.69) is 45.0 Å². The quantitative estimate of drug-likeness (QED) is 0.384. The Bertz CT molecular complexity index is 490. The summed E-state index contributed by atoms with van der Waals surface area (Å²) in [4.78, 5) is 4.52. The molecule has 1 fully saturated rings. The van der Waals surface area contributed by atoms with E-state index in [4.69, 9.17) is 10.9 Å². The van der Waals surface area contributed by atoms with E-state index in [1.807, 2.05) is 18.2 Å². The van der Waals surface area contributed by atoms with Crippen molar-refractivity contribution in [1.82, 2.24) is 4.90 Å². The second-order valence-electron chi connectivity index (χ2n) is 5.00. The van der Waals surface area contributed by atoms with E-state index in [1.54, 1.807) is 0 Å². The third-order valence-electron chi connectivity index (χ3n) is 3.58. The minimum absolute atomic E-state index is 0.149. The van der Waals surface area contributed by atoms with Crippen molar-refractivity contribution in [3.63, 3.8) is 0 Å². The van der Waals surface area contributed by atoms with Gasteiger partial charge in [0, 0.05) is 34.9 Å². The summed E-state index contributed by atoms with van der Waals surface area (Å²) in [7, 11) is 4.19. The molecule has 1 aliphatic heterocycles. The van der Waals surface area contributed by atoms with E-state index >= 15 is 0 Å². The molecule has 1 aliphatic rings. The number of rotatable bonds is 3. The number of nitrogens with two attached hydrogens (primary N) is 1. The van der Waals surface area contributed by atoms with Crippen LogP contribution >= 0.6 is 15.9 Å². The van der Waals surface area contributed by atoms with E-state index in [0.717, 1.165) is 35.2 Å². The maximum Gasteiger partial charge on any atom is 0.172 e. The summed E-state index contributed by atoms with van der Waals surface area (Å²) >= 11 is 3.48. The SMILES string of the molecule is CN(C)C1CCN(c2cc(Br)ccc2/C(N)=N/O)C1. The predicted octanol–water partition coefficient (Wildman–Crippen LogP) is 1.68. The van der Waals surface area contributed by atoms with Crippen LogP contribution < -0.4 is 10.6 Å². The lowest BCUT2D eigenvalue weighted by atomic mass is 10.1. The number of likely N-dealkylation sites (N-methyl/N-ethyl adjacent to an activating group) is 1. The van der Waals surface area contributed by atoms with Gasteiger partial charge in [0.1, 0.15) is 0 Å². The molecule has 6 heteroatoms. The molecule has 0 aromatic heterocycles. The normalized spacial score (nSPS) is 20.3. The molecule has 1 aromatic carbocycles. The fraction of sp³-hybridized carbons (Fsp3) is 0.462. The van der Waals surface area contributed by atoms with Crippen LogP contribution in [0.5, 0.6) is 0 Å². The van der Waals surface area contributed by atoms with Crippen molar-refractivity contribution in [2.75, 3.05) is 32.1 Å². The van der Waals surface area contributed by atoms with Crippen molar-refractivity contribution >= 4 is 27.5 Å². The highest BCUT2D eigenvalue weighted by Crippen LogP contribution is 2.29. The molecule has 1 atom stereocenters. The van der Waals surface area contributed by atoms with Crippen LogP contribution in [0, 0.1) is 0 Å². The Kier molecular flexibility index (Phi) is 4.31. The Labute approximate surface area is 121 Å². The fourth-order valence-electron chi connectivity index (χ4n) is 2.42. The number of hydrogen-bond donors (Lipinski definition) is 2. The Morgan fingerprint density at radius 1 is 1.53 bits per heavy atom. The lowest BCUT2D eigenvalue weighted by Gasteiger charge is -2.24. The van der Waals surface area contributed by atoms with Crippen LogP contribution in [0.1, 0.15) is 12.0 Å². The summed E-state index contributed by atoms with van der Waals surface area (Å²) in [6, 6.07) is 6.33. The molecular weight excluding hydrogens is 308 g/mol. The van der Waals surface area contributed by atoms with Gasteiger partial charge in [0.15, 0.2) is 5.84 Å². The van der Waals surface area contributed by atoms with Gasteiger partial charge in [-0.25, -0.2) is 0 Å². The zero-order valence-electron chi connectivity index (χ0n) is 11.2. The minimum Gasteiger partial charge on any atom is -0.409 e. The van der Waals surface area contributed by atoms with Crippen LogP contribution in [0.3, 0.4) is 0 Å². The van der Waals surface area contributed by atoms with E-state index in [9.17, 15) is 0 Å². The van der Waals surface area contributed by atoms with Crippen LogP contribution in [-0.4, -0.2) is 49.2 Å². The van der Waals surface area contributed by atoms with Gasteiger partial charge < -0.3 is 20.7 Å². The minimum atomic E-state index is 0.149. The smallest absolute Gasteiger partial charge is 0.172 e. The highest BCUT2D eigenvalue weighted by Gasteiger charge is 2.26. The van der Waals surface area contributed by atoms with Crippen molar-refractivity contribution in [3.8, 4) is 0 Å². The van der Waals surface area contributed by atoms with Gasteiger partial charge in [-0.15, -0.1) is 0 Å². The average Bonchev–Trinajstić information content (AvgIpc) is 2.87. The first kappa shape index (κ1) is 14.1. The van der Waals surface area contributed by atoms with Crippen LogP contribution in [0.15, 0.2) is 27.8 Å². The van der Waals surface area contributed by atoms with Crippen LogP contribution in [0.25, 0.3) is 0 Å². The molecule has 0 aliphatic carbocycles. The third kappa shape index (κ3) is 3.01. The molecule has 19 heavy (non-hydrogen) atoms. The largest absolute Gasteiger partial charge is 0.409 e. The van der Waals surface area contributed by atoms with Crippen LogP contribution in [0.4, 0.5) is 5.69 Å². The Morgan fingerprint density at radius 2 is 2.26 bits per heavy atom. The molecule has 5 nitrogen and oxygen atoms in total. The van der Waals surface area contributed by atoms with E-state index in [-0.39, 0.29) is 5.84 Å². The predicted molar refractivity (Wildman–Crippen MR) is 81.0 cm³/mol. The Balaban J connectivity index is 2.31. The average molecular weight is 327 g/mol. The summed E-state index contributed by atoms with van der Waals surface area (Å²) in [6.45, 7) is 1.93. The number of nitrogens with zero attached hydrogens (tertiary/aromatic N) is 3. The molecule has 0 saturated carbocycles. The third-order valence-corrected chi connectivity index (χ3v) is 4.07. The molecule has 0 bridgehead atoms. The first-order valence-electron chi connectivity index (χ1n) is 6.21. The van der Waals surface area contributed by atoms with Crippen molar-refractivity contribution in [1.29, 1.82) is 0 Å². The highest BCUT2D eigenvalue weighted by molar-refractivity contribution is 9.10. The molecule has 104 valence electrons. The molecule has 1 heterocycles. The first-order valence-corrected chi connectivity index (χ1v) is 7.01. The van der Waals surface area contributed by atoms with E-state index in [0.29, 0.717) is 6.04 Å². The van der Waals surface area contributed by atoms with Crippen LogP contribution in [-0.2, 0) is 0 Å². The molecule has 0 amide bonds. The van der Waals surface area contributed by atoms with Crippen molar-refractivity contribution in [2.45, 2.75) is 12.5 Å². The Hall–Kier alpha value is -1.27. The zero-order chi connectivity index (χ0) is 14.0. The second-order valence-corrected chi connectivity index (χ2v) is 5.91. The molecule has 0 radical (unpaired) electrons. The molecule has 3 N–H and O–H groups in total. The van der Waals surface area contributed by atoms with E-state index in [1.165, 1.54) is 0 Å². The van der Waals surface area contributed by atoms with Gasteiger partial charge in [0.25, 0.3) is 0 Å². The number of amidine groups is 1. The lowest BCUT2D eigenvalue weighted by Crippen LogP contribution is -2.32. The number of oxime groups is 1. The summed E-state index contributed by atoms with van der Waals surface area (Å²) < 4.78 is 0.991. The van der Waals surface area contributed by atoms with Crippen molar-refractivity contribution in [3.05, 3.63) is 28.2 Å². The van der Waals surface area contributed by atoms with Gasteiger partial charge in [-0.1, -0.05) is 21.1 Å². The van der Waals surface area contributed by atoms with Crippen LogP contribution in [0.2, 0.25) is 0 Å². The van der Waals surface area contributed by atoms with Gasteiger partial charge in [-0.05, 0) is 38.7 Å². The van der Waals surface area contributed by atoms with Crippen molar-refractivity contribution < 1.29 is 5.21 Å². The fourth-order valence-corrected chi connectivity index (χ4v) is 2.77. The molecule has 1 unspecified atom stereocenters. The first-order chi connectivity index (χ1) is 9.02. The summed E-state index contributed by atoms with van der Waals surface area (Å²) in [5, 5.41) is 12.0. The Morgan fingerprint density at radius 3 is 2.84 bits per heavy atom. The number of halogens is 1. The number of benzene rings is 1. The standard InChI is InChI=1S/C13H19BrN4O/c1-17(2)10-5-6-18(8-10)12-7-9(14)3-4-11(12)13(15)16-19/h3-4,7,10,19H,5-6,8H2,1-2H3,(H2,15,16). The topological polar surface area (TPSA) is 65.1 Å². The van der Waals surface area contributed by atoms with Gasteiger partial charge in [-0.2, -0.15) is 0 Å². The highest BCUT2D eigenvalue weighted by atomic mass is 79.9. The van der Waals surface area contributed by atoms with Crippen molar-refractivity contribution in [2.24, 2.45) is 10.9 Å². The van der Waals surface area contributed by atoms with Gasteiger partial charge >= 0.3 is 0 Å². The number of anilines is 1. The zero-order valence-corrected chi connectivity index (χ0v) is 12.8. The molecular formula is C13H19BrN4O. The monoisotopic (exact) mass is 326 g/mol.